The van der Waals surface area contributed by atoms with Crippen LogP contribution < -0.4 is 9.46 Å². The lowest BCUT2D eigenvalue weighted by molar-refractivity contribution is -0.274. The van der Waals surface area contributed by atoms with Gasteiger partial charge in [0.2, 0.25) is 0 Å². The lowest BCUT2D eigenvalue weighted by Crippen LogP contribution is -2.43. The number of anilines is 1. The maximum atomic E-state index is 12.7. The number of rotatable bonds is 4. The summed E-state index contributed by atoms with van der Waals surface area (Å²) in [6.07, 6.45) is -10.0. The number of amides is 1. The van der Waals surface area contributed by atoms with E-state index in [2.05, 4.69) is 4.74 Å². The first kappa shape index (κ1) is 22.7. The molecule has 1 heterocycles. The molecular formula is C18H14F6N2O4S. The number of hydrogen-bond donors (Lipinski definition) is 1. The fourth-order valence-electron chi connectivity index (χ4n) is 3.02. The quantitative estimate of drug-likeness (QED) is 0.693. The van der Waals surface area contributed by atoms with Crippen LogP contribution in [0.3, 0.4) is 0 Å². The Morgan fingerprint density at radius 1 is 1.00 bits per heavy atom. The summed E-state index contributed by atoms with van der Waals surface area (Å²) in [5, 5.41) is 0. The smallest absolute Gasteiger partial charge is 0.404 e. The number of halogens is 6. The number of nitrogens with zero attached hydrogens (tertiary/aromatic N) is 1. The molecule has 0 aliphatic carbocycles. The van der Waals surface area contributed by atoms with Gasteiger partial charge < -0.3 is 9.64 Å². The van der Waals surface area contributed by atoms with Crippen LogP contribution in [0.2, 0.25) is 0 Å². The Hall–Kier alpha value is -2.96. The van der Waals surface area contributed by atoms with Crippen molar-refractivity contribution in [3.8, 4) is 5.75 Å². The van der Waals surface area contributed by atoms with Crippen LogP contribution in [0.15, 0.2) is 47.4 Å². The van der Waals surface area contributed by atoms with Gasteiger partial charge in [0.1, 0.15) is 0 Å². The van der Waals surface area contributed by atoms with Gasteiger partial charge in [-0.2, -0.15) is 13.2 Å². The Morgan fingerprint density at radius 2 is 1.68 bits per heavy atom. The highest BCUT2D eigenvalue weighted by Crippen LogP contribution is 2.32. The average molecular weight is 468 g/mol. The van der Waals surface area contributed by atoms with Crippen molar-refractivity contribution in [1.82, 2.24) is 4.90 Å². The highest BCUT2D eigenvalue weighted by molar-refractivity contribution is 7.92. The zero-order valence-electron chi connectivity index (χ0n) is 15.4. The fourth-order valence-corrected chi connectivity index (χ4v) is 4.14. The van der Waals surface area contributed by atoms with Crippen molar-refractivity contribution < 1.29 is 44.3 Å². The third kappa shape index (κ3) is 5.40. The standard InChI is InChI=1S/C18H14F6N2O4S/c19-17(20,21)16(27)26-8-7-11-5-6-13(9-12(11)10-26)31(28,29)25-14-3-1-2-4-15(14)30-18(22,23)24/h1-6,9,25H,7-8,10H2. The number of carbonyl (C=O) groups is 1. The van der Waals surface area contributed by atoms with Crippen molar-refractivity contribution >= 4 is 21.6 Å². The summed E-state index contributed by atoms with van der Waals surface area (Å²) in [7, 11) is -4.41. The molecule has 0 fully saturated rings. The van der Waals surface area contributed by atoms with Crippen LogP contribution in [-0.4, -0.2) is 38.3 Å². The lowest BCUT2D eigenvalue weighted by Gasteiger charge is -2.29. The minimum absolute atomic E-state index is 0.0904. The highest BCUT2D eigenvalue weighted by Gasteiger charge is 2.43. The molecule has 2 aromatic rings. The van der Waals surface area contributed by atoms with Gasteiger partial charge in [-0.05, 0) is 41.8 Å². The molecular weight excluding hydrogens is 454 g/mol. The number of para-hydroxylation sites is 2. The number of ether oxygens (including phenoxy) is 1. The van der Waals surface area contributed by atoms with E-state index in [4.69, 9.17) is 0 Å². The first-order valence-electron chi connectivity index (χ1n) is 8.62. The van der Waals surface area contributed by atoms with E-state index in [1.165, 1.54) is 24.3 Å². The Morgan fingerprint density at radius 3 is 2.32 bits per heavy atom. The number of sulfonamides is 1. The Balaban J connectivity index is 1.87. The molecule has 3 rings (SSSR count). The summed E-state index contributed by atoms with van der Waals surface area (Å²) < 4.78 is 107. The van der Waals surface area contributed by atoms with E-state index in [1.54, 1.807) is 0 Å². The Bertz CT molecular complexity index is 1100. The van der Waals surface area contributed by atoms with Gasteiger partial charge in [-0.1, -0.05) is 18.2 Å². The first-order valence-corrected chi connectivity index (χ1v) is 10.1. The number of benzene rings is 2. The molecule has 0 saturated heterocycles. The second kappa shape index (κ2) is 7.94. The molecule has 1 N–H and O–H groups in total. The van der Waals surface area contributed by atoms with Gasteiger partial charge in [0, 0.05) is 13.1 Å². The predicted molar refractivity (Wildman–Crippen MR) is 95.6 cm³/mol. The Kier molecular flexibility index (Phi) is 5.82. The number of hydrogen-bond acceptors (Lipinski definition) is 4. The fraction of sp³-hybridized carbons (Fsp3) is 0.278. The summed E-state index contributed by atoms with van der Waals surface area (Å²) in [6, 6.07) is 8.12. The number of carbonyl (C=O) groups excluding carboxylic acids is 1. The molecule has 168 valence electrons. The molecule has 1 aliphatic rings. The maximum Gasteiger partial charge on any atom is 0.573 e. The summed E-state index contributed by atoms with van der Waals surface area (Å²) >= 11 is 0. The lowest BCUT2D eigenvalue weighted by atomic mass is 10.00. The van der Waals surface area contributed by atoms with Gasteiger partial charge in [0.25, 0.3) is 10.0 Å². The molecule has 2 aromatic carbocycles. The van der Waals surface area contributed by atoms with Crippen LogP contribution >= 0.6 is 0 Å². The predicted octanol–water partition coefficient (Wildman–Crippen LogP) is 3.83. The monoisotopic (exact) mass is 468 g/mol. The molecule has 31 heavy (non-hydrogen) atoms. The zero-order chi connectivity index (χ0) is 23.0. The van der Waals surface area contributed by atoms with Crippen LogP contribution in [0, 0.1) is 0 Å². The molecule has 0 aromatic heterocycles. The second-order valence-corrected chi connectivity index (χ2v) is 8.24. The topological polar surface area (TPSA) is 75.7 Å². The van der Waals surface area contributed by atoms with Gasteiger partial charge in [-0.3, -0.25) is 9.52 Å². The Labute approximate surface area is 172 Å². The molecule has 0 spiro atoms. The van der Waals surface area contributed by atoms with Gasteiger partial charge in [-0.15, -0.1) is 13.2 Å². The van der Waals surface area contributed by atoms with E-state index < -0.39 is 51.3 Å². The molecule has 0 bridgehead atoms. The molecule has 1 amide bonds. The van der Waals surface area contributed by atoms with Crippen molar-refractivity contribution in [2.24, 2.45) is 0 Å². The molecule has 0 radical (unpaired) electrons. The summed E-state index contributed by atoms with van der Waals surface area (Å²) in [5.41, 5.74) is 0.268. The normalized spacial score (nSPS) is 14.7. The highest BCUT2D eigenvalue weighted by atomic mass is 32.2. The van der Waals surface area contributed by atoms with Crippen molar-refractivity contribution in [1.29, 1.82) is 0 Å². The van der Waals surface area contributed by atoms with Gasteiger partial charge in [0.05, 0.1) is 10.6 Å². The summed E-state index contributed by atoms with van der Waals surface area (Å²) in [4.78, 5) is 11.6. The van der Waals surface area contributed by atoms with E-state index in [9.17, 15) is 39.6 Å². The SMILES string of the molecule is O=C(N1CCc2ccc(S(=O)(=O)Nc3ccccc3OC(F)(F)F)cc2C1)C(F)(F)F. The van der Waals surface area contributed by atoms with E-state index in [0.29, 0.717) is 10.5 Å². The van der Waals surface area contributed by atoms with Gasteiger partial charge >= 0.3 is 18.4 Å². The van der Waals surface area contributed by atoms with Gasteiger partial charge in [-0.25, -0.2) is 8.42 Å². The molecule has 6 nitrogen and oxygen atoms in total. The minimum atomic E-state index is -5.06. The van der Waals surface area contributed by atoms with Crippen LogP contribution in [0.5, 0.6) is 5.75 Å². The van der Waals surface area contributed by atoms with E-state index in [1.807, 2.05) is 4.72 Å². The maximum absolute atomic E-state index is 12.7. The van der Waals surface area contributed by atoms with Crippen LogP contribution in [0.4, 0.5) is 32.0 Å². The van der Waals surface area contributed by atoms with Crippen LogP contribution in [-0.2, 0) is 27.8 Å². The summed E-state index contributed by atoms with van der Waals surface area (Å²) in [5.74, 6) is -2.82. The number of nitrogens with one attached hydrogen (secondary N) is 1. The molecule has 0 saturated carbocycles. The van der Waals surface area contributed by atoms with E-state index in [-0.39, 0.29) is 18.5 Å². The third-order valence-electron chi connectivity index (χ3n) is 4.39. The molecule has 0 atom stereocenters. The van der Waals surface area contributed by atoms with Crippen LogP contribution in [0.25, 0.3) is 0 Å². The molecule has 0 unspecified atom stereocenters. The largest absolute Gasteiger partial charge is 0.573 e. The van der Waals surface area contributed by atoms with E-state index >= 15 is 0 Å². The van der Waals surface area contributed by atoms with Gasteiger partial charge in [0.15, 0.2) is 5.75 Å². The zero-order valence-corrected chi connectivity index (χ0v) is 16.2. The van der Waals surface area contributed by atoms with Crippen molar-refractivity contribution in [2.45, 2.75) is 30.4 Å². The molecule has 13 heteroatoms. The second-order valence-electron chi connectivity index (χ2n) is 6.55. The van der Waals surface area contributed by atoms with Crippen molar-refractivity contribution in [2.75, 3.05) is 11.3 Å². The molecule has 1 aliphatic heterocycles. The van der Waals surface area contributed by atoms with E-state index in [0.717, 1.165) is 18.2 Å². The average Bonchev–Trinajstić information content (AvgIpc) is 2.66. The van der Waals surface area contributed by atoms with Crippen molar-refractivity contribution in [3.63, 3.8) is 0 Å². The summed E-state index contributed by atoms with van der Waals surface area (Å²) in [6.45, 7) is -0.636. The minimum Gasteiger partial charge on any atom is -0.404 e. The van der Waals surface area contributed by atoms with Crippen molar-refractivity contribution in [3.05, 3.63) is 53.6 Å². The first-order chi connectivity index (χ1) is 14.3. The van der Waals surface area contributed by atoms with Crippen LogP contribution in [0.1, 0.15) is 11.1 Å². The number of alkyl halides is 6. The number of fused-ring (bicyclic) bond motifs is 1. The third-order valence-corrected chi connectivity index (χ3v) is 5.75.